The van der Waals surface area contributed by atoms with Crippen LogP contribution in [0.1, 0.15) is 48.3 Å². The monoisotopic (exact) mass is 474 g/mol. The number of carbonyl (C=O) groups excluding carboxylic acids is 1. The number of nitrogens with two attached hydrogens (primary N) is 1. The number of carbonyl (C=O) groups is 1. The second kappa shape index (κ2) is 10.6. The number of nitrogen functional groups attached to an aromatic ring is 1. The molecule has 1 amide bonds. The van der Waals surface area contributed by atoms with Gasteiger partial charge in [-0.2, -0.15) is 9.78 Å². The SMILES string of the molecule is CCCOc1ccc(-c2c(C(=O)N/N=C(/CC)c3ccc(C)cc3)nnn2-c2nonc2N)cc1. The number of hydrogen-bond donors (Lipinski definition) is 2. The third-order valence-electron chi connectivity index (χ3n) is 5.19. The van der Waals surface area contributed by atoms with Gasteiger partial charge in [0.1, 0.15) is 11.4 Å². The average Bonchev–Trinajstić information content (AvgIpc) is 3.50. The lowest BCUT2D eigenvalue weighted by Crippen LogP contribution is -2.21. The Balaban J connectivity index is 1.69. The van der Waals surface area contributed by atoms with E-state index in [-0.39, 0.29) is 17.3 Å². The van der Waals surface area contributed by atoms with Gasteiger partial charge in [0.2, 0.25) is 11.6 Å². The topological polar surface area (TPSA) is 146 Å². The normalized spacial score (nSPS) is 11.5. The third kappa shape index (κ3) is 5.18. The number of ether oxygens (including phenoxy) is 1. The van der Waals surface area contributed by atoms with Crippen LogP contribution in [0.4, 0.5) is 5.82 Å². The summed E-state index contributed by atoms with van der Waals surface area (Å²) in [7, 11) is 0. The number of benzene rings is 2. The summed E-state index contributed by atoms with van der Waals surface area (Å²) in [5.41, 5.74) is 12.3. The highest BCUT2D eigenvalue weighted by Gasteiger charge is 2.25. The number of nitrogens with one attached hydrogen (secondary N) is 1. The van der Waals surface area contributed by atoms with Crippen LogP contribution in [0.2, 0.25) is 0 Å². The zero-order valence-electron chi connectivity index (χ0n) is 19.7. The zero-order chi connectivity index (χ0) is 24.8. The molecule has 0 radical (unpaired) electrons. The summed E-state index contributed by atoms with van der Waals surface area (Å²) in [6.45, 7) is 6.62. The third-order valence-corrected chi connectivity index (χ3v) is 5.19. The molecule has 0 saturated heterocycles. The summed E-state index contributed by atoms with van der Waals surface area (Å²) in [4.78, 5) is 13.2. The van der Waals surface area contributed by atoms with Gasteiger partial charge in [-0.15, -0.1) is 5.10 Å². The molecule has 2 heterocycles. The second-order valence-corrected chi connectivity index (χ2v) is 7.76. The first kappa shape index (κ1) is 23.6. The Labute approximate surface area is 201 Å². The standard InChI is InChI=1S/C24H26N8O3/c1-4-14-34-18-12-10-17(11-13-18)21-20(27-31-32(21)23-22(25)29-35-30-23)24(33)28-26-19(5-2)16-8-6-15(3)7-9-16/h6-13H,4-5,14H2,1-3H3,(H2,25,29)(H,28,33)/b26-19-. The van der Waals surface area contributed by atoms with E-state index in [1.54, 1.807) is 24.3 Å². The molecule has 0 aliphatic heterocycles. The highest BCUT2D eigenvalue weighted by Crippen LogP contribution is 2.28. The molecule has 0 unspecified atom stereocenters. The molecular formula is C24H26N8O3. The quantitative estimate of drug-likeness (QED) is 0.277. The molecule has 3 N–H and O–H groups in total. The van der Waals surface area contributed by atoms with E-state index in [1.807, 2.05) is 45.0 Å². The van der Waals surface area contributed by atoms with Crippen LogP contribution < -0.4 is 15.9 Å². The molecule has 0 spiro atoms. The van der Waals surface area contributed by atoms with Gasteiger partial charge in [0.15, 0.2) is 5.69 Å². The minimum atomic E-state index is -0.536. The van der Waals surface area contributed by atoms with Gasteiger partial charge in [-0.25, -0.2) is 10.1 Å². The molecule has 2 aromatic heterocycles. The van der Waals surface area contributed by atoms with E-state index in [0.717, 1.165) is 23.3 Å². The van der Waals surface area contributed by atoms with Gasteiger partial charge in [-0.1, -0.05) is 48.9 Å². The maximum Gasteiger partial charge on any atom is 0.294 e. The van der Waals surface area contributed by atoms with E-state index in [4.69, 9.17) is 15.1 Å². The Kier molecular flexibility index (Phi) is 7.15. The predicted octanol–water partition coefficient (Wildman–Crippen LogP) is 3.54. The van der Waals surface area contributed by atoms with Crippen LogP contribution in [0, 0.1) is 6.92 Å². The molecule has 4 aromatic rings. The van der Waals surface area contributed by atoms with Gasteiger partial charge in [-0.3, -0.25) is 4.79 Å². The fraction of sp³-hybridized carbons (Fsp3) is 0.250. The molecule has 0 fully saturated rings. The van der Waals surface area contributed by atoms with Crippen LogP contribution in [-0.2, 0) is 0 Å². The van der Waals surface area contributed by atoms with Gasteiger partial charge < -0.3 is 10.5 Å². The molecule has 11 nitrogen and oxygen atoms in total. The molecule has 2 aromatic carbocycles. The van der Waals surface area contributed by atoms with Crippen LogP contribution in [0.25, 0.3) is 17.1 Å². The highest BCUT2D eigenvalue weighted by atomic mass is 16.6. The molecule has 0 aliphatic rings. The maximum atomic E-state index is 13.2. The van der Waals surface area contributed by atoms with Gasteiger partial charge in [0.05, 0.1) is 12.3 Å². The molecule has 0 bridgehead atoms. The van der Waals surface area contributed by atoms with Crippen molar-refractivity contribution in [2.45, 2.75) is 33.6 Å². The summed E-state index contributed by atoms with van der Waals surface area (Å²) < 4.78 is 11.7. The first-order chi connectivity index (χ1) is 17.0. The molecule has 0 atom stereocenters. The number of anilines is 1. The first-order valence-corrected chi connectivity index (χ1v) is 11.2. The van der Waals surface area contributed by atoms with Crippen molar-refractivity contribution in [1.29, 1.82) is 0 Å². The average molecular weight is 475 g/mol. The van der Waals surface area contributed by atoms with Crippen molar-refractivity contribution in [2.24, 2.45) is 5.10 Å². The van der Waals surface area contributed by atoms with Crippen molar-refractivity contribution >= 4 is 17.4 Å². The highest BCUT2D eigenvalue weighted by molar-refractivity contribution is 6.03. The predicted molar refractivity (Wildman–Crippen MR) is 130 cm³/mol. The number of rotatable bonds is 9. The van der Waals surface area contributed by atoms with Crippen LogP contribution >= 0.6 is 0 Å². The van der Waals surface area contributed by atoms with Crippen molar-refractivity contribution < 1.29 is 14.2 Å². The number of hydrogen-bond acceptors (Lipinski definition) is 9. The van der Waals surface area contributed by atoms with E-state index in [9.17, 15) is 4.79 Å². The Morgan fingerprint density at radius 3 is 2.49 bits per heavy atom. The van der Waals surface area contributed by atoms with Gasteiger partial charge >= 0.3 is 0 Å². The fourth-order valence-electron chi connectivity index (χ4n) is 3.37. The summed E-state index contributed by atoms with van der Waals surface area (Å²) in [6.07, 6.45) is 1.52. The summed E-state index contributed by atoms with van der Waals surface area (Å²) in [6, 6.07) is 15.1. The minimum absolute atomic E-state index is 0.0108. The number of nitrogens with zero attached hydrogens (tertiary/aromatic N) is 6. The molecule has 4 rings (SSSR count). The molecule has 0 saturated carbocycles. The van der Waals surface area contributed by atoms with Crippen molar-refractivity contribution in [1.82, 2.24) is 30.7 Å². The summed E-state index contributed by atoms with van der Waals surface area (Å²) in [5.74, 6) is 0.302. The van der Waals surface area contributed by atoms with Crippen molar-refractivity contribution in [3.63, 3.8) is 0 Å². The lowest BCUT2D eigenvalue weighted by atomic mass is 10.1. The van der Waals surface area contributed by atoms with E-state index >= 15 is 0 Å². The molecular weight excluding hydrogens is 448 g/mol. The van der Waals surface area contributed by atoms with Crippen LogP contribution in [0.5, 0.6) is 5.75 Å². The number of amides is 1. The summed E-state index contributed by atoms with van der Waals surface area (Å²) in [5, 5.41) is 19.9. The molecule has 180 valence electrons. The molecule has 35 heavy (non-hydrogen) atoms. The molecule has 0 aliphatic carbocycles. The Morgan fingerprint density at radius 1 is 1.11 bits per heavy atom. The summed E-state index contributed by atoms with van der Waals surface area (Å²) >= 11 is 0. The first-order valence-electron chi connectivity index (χ1n) is 11.2. The smallest absolute Gasteiger partial charge is 0.294 e. The van der Waals surface area contributed by atoms with Gasteiger partial charge in [-0.05, 0) is 59.9 Å². The Hall–Kier alpha value is -4.54. The lowest BCUT2D eigenvalue weighted by Gasteiger charge is -2.09. The number of hydrazone groups is 1. The number of aromatic nitrogens is 5. The second-order valence-electron chi connectivity index (χ2n) is 7.76. The van der Waals surface area contributed by atoms with E-state index in [1.165, 1.54) is 4.68 Å². The van der Waals surface area contributed by atoms with Gasteiger partial charge in [0, 0.05) is 5.56 Å². The fourth-order valence-corrected chi connectivity index (χ4v) is 3.37. The zero-order valence-corrected chi connectivity index (χ0v) is 19.7. The Morgan fingerprint density at radius 2 is 1.86 bits per heavy atom. The van der Waals surface area contributed by atoms with E-state index in [0.29, 0.717) is 30.0 Å². The van der Waals surface area contributed by atoms with Crippen LogP contribution in [-0.4, -0.2) is 43.5 Å². The van der Waals surface area contributed by atoms with E-state index < -0.39 is 5.91 Å². The van der Waals surface area contributed by atoms with Crippen LogP contribution in [0.15, 0.2) is 58.3 Å². The van der Waals surface area contributed by atoms with Crippen molar-refractivity contribution in [3.05, 3.63) is 65.4 Å². The maximum absolute atomic E-state index is 13.2. The largest absolute Gasteiger partial charge is 0.494 e. The van der Waals surface area contributed by atoms with Crippen LogP contribution in [0.3, 0.4) is 0 Å². The van der Waals surface area contributed by atoms with Crippen molar-refractivity contribution in [3.8, 4) is 22.8 Å². The minimum Gasteiger partial charge on any atom is -0.494 e. The number of aryl methyl sites for hydroxylation is 1. The van der Waals surface area contributed by atoms with E-state index in [2.05, 4.69) is 31.2 Å². The Bertz CT molecular complexity index is 1320. The van der Waals surface area contributed by atoms with Gasteiger partial charge in [0.25, 0.3) is 5.91 Å². The van der Waals surface area contributed by atoms with Crippen molar-refractivity contribution in [2.75, 3.05) is 12.3 Å². The molecule has 11 heteroatoms. The lowest BCUT2D eigenvalue weighted by molar-refractivity contribution is 0.0950.